The van der Waals surface area contributed by atoms with Crippen LogP contribution in [0.3, 0.4) is 0 Å². The lowest BCUT2D eigenvalue weighted by atomic mass is 9.92. The number of carbonyl (C=O) groups is 1. The van der Waals surface area contributed by atoms with Crippen molar-refractivity contribution in [2.24, 2.45) is 11.8 Å². The summed E-state index contributed by atoms with van der Waals surface area (Å²) < 4.78 is 10.3. The van der Waals surface area contributed by atoms with Gasteiger partial charge in [-0.3, -0.25) is 4.79 Å². The van der Waals surface area contributed by atoms with Gasteiger partial charge in [0.25, 0.3) is 0 Å². The summed E-state index contributed by atoms with van der Waals surface area (Å²) in [5.74, 6) is 1.44. The molecule has 1 aliphatic carbocycles. The Bertz CT molecular complexity index is 1210. The lowest BCUT2D eigenvalue weighted by molar-refractivity contribution is 0.0627. The second-order valence-corrected chi connectivity index (χ2v) is 10.1. The van der Waals surface area contributed by atoms with Crippen molar-refractivity contribution in [2.75, 3.05) is 13.2 Å². The van der Waals surface area contributed by atoms with Gasteiger partial charge >= 0.3 is 0 Å². The van der Waals surface area contributed by atoms with E-state index in [1.54, 1.807) is 0 Å². The Morgan fingerprint density at radius 3 is 2.65 bits per heavy atom. The van der Waals surface area contributed by atoms with Crippen LogP contribution in [0.5, 0.6) is 0 Å². The Balaban J connectivity index is 1.54. The number of rotatable bonds is 8. The van der Waals surface area contributed by atoms with Crippen LogP contribution in [0.1, 0.15) is 79.0 Å². The molecule has 1 atom stereocenters. The number of allylic oxidation sites excluding steroid dienone is 1. The van der Waals surface area contributed by atoms with Crippen LogP contribution in [-0.4, -0.2) is 28.1 Å². The van der Waals surface area contributed by atoms with E-state index in [-0.39, 0.29) is 5.78 Å². The van der Waals surface area contributed by atoms with Crippen LogP contribution in [0.2, 0.25) is 0 Å². The lowest BCUT2D eigenvalue weighted by Gasteiger charge is -2.22. The van der Waals surface area contributed by atoms with Crippen molar-refractivity contribution in [3.8, 4) is 0 Å². The predicted molar refractivity (Wildman–Crippen MR) is 140 cm³/mol. The van der Waals surface area contributed by atoms with E-state index in [9.17, 15) is 4.79 Å². The number of para-hydroxylation sites is 1. The molecule has 180 valence electrons. The Kier molecular flexibility index (Phi) is 6.78. The molecule has 2 aromatic heterocycles. The molecule has 4 heteroatoms. The molecule has 1 saturated heterocycles. The quantitative estimate of drug-likeness (QED) is 0.348. The van der Waals surface area contributed by atoms with Gasteiger partial charge in [0.2, 0.25) is 5.78 Å². The number of aromatic nitrogens is 2. The van der Waals surface area contributed by atoms with Crippen LogP contribution in [0.15, 0.2) is 36.4 Å². The van der Waals surface area contributed by atoms with Gasteiger partial charge in [0, 0.05) is 48.6 Å². The highest BCUT2D eigenvalue weighted by Crippen LogP contribution is 2.33. The fraction of sp³-hybridized carbons (Fsp3) is 0.500. The van der Waals surface area contributed by atoms with Gasteiger partial charge in [0.05, 0.1) is 11.3 Å². The third-order valence-electron chi connectivity index (χ3n) is 8.01. The minimum absolute atomic E-state index is 0.169. The molecule has 4 nitrogen and oxygen atoms in total. The normalized spacial score (nSPS) is 18.5. The molecule has 0 spiro atoms. The summed E-state index contributed by atoms with van der Waals surface area (Å²) in [6, 6.07) is 10.6. The van der Waals surface area contributed by atoms with Crippen molar-refractivity contribution in [3.05, 3.63) is 64.6 Å². The Morgan fingerprint density at radius 2 is 1.88 bits per heavy atom. The van der Waals surface area contributed by atoms with E-state index in [1.165, 1.54) is 16.8 Å². The molecule has 0 bridgehead atoms. The standard InChI is InChI=1S/C30H38N2O2/c1-4-15-32-27-19-22(5-2)10-11-24(27)20-28(32)30(33)29-21(3)31(26-9-7-6-8-25(26)29)16-12-23-13-17-34-18-14-23/h6-11,20,22-23H,4-5,12-19H2,1-3H3. The number of ketones is 1. The molecule has 0 radical (unpaired) electrons. The minimum atomic E-state index is 0.169. The number of hydrogen-bond acceptors (Lipinski definition) is 2. The molecular formula is C30H38N2O2. The van der Waals surface area contributed by atoms with E-state index in [2.05, 4.69) is 72.4 Å². The molecule has 1 aliphatic heterocycles. The van der Waals surface area contributed by atoms with Crippen LogP contribution in [0, 0.1) is 18.8 Å². The Morgan fingerprint density at radius 1 is 1.09 bits per heavy atom. The van der Waals surface area contributed by atoms with Crippen molar-refractivity contribution in [2.45, 2.75) is 72.4 Å². The molecule has 0 amide bonds. The Labute approximate surface area is 203 Å². The number of carbonyl (C=O) groups excluding carboxylic acids is 1. The van der Waals surface area contributed by atoms with Crippen LogP contribution in [0.25, 0.3) is 17.0 Å². The highest BCUT2D eigenvalue weighted by atomic mass is 16.5. The third kappa shape index (κ3) is 4.17. The first-order chi connectivity index (χ1) is 16.6. The highest BCUT2D eigenvalue weighted by molar-refractivity contribution is 6.17. The van der Waals surface area contributed by atoms with Crippen molar-refractivity contribution in [3.63, 3.8) is 0 Å². The maximum Gasteiger partial charge on any atom is 0.211 e. The van der Waals surface area contributed by atoms with Crippen molar-refractivity contribution < 1.29 is 9.53 Å². The van der Waals surface area contributed by atoms with E-state index < -0.39 is 0 Å². The number of hydrogen-bond donors (Lipinski definition) is 0. The second kappa shape index (κ2) is 9.95. The molecule has 1 fully saturated rings. The van der Waals surface area contributed by atoms with Crippen molar-refractivity contribution >= 4 is 22.8 Å². The van der Waals surface area contributed by atoms with Crippen LogP contribution in [-0.2, 0) is 24.2 Å². The highest BCUT2D eigenvalue weighted by Gasteiger charge is 2.27. The molecule has 0 saturated carbocycles. The smallest absolute Gasteiger partial charge is 0.211 e. The number of benzene rings is 1. The summed E-state index contributed by atoms with van der Waals surface area (Å²) in [6.07, 6.45) is 11.2. The Hall–Kier alpha value is -2.59. The fourth-order valence-corrected chi connectivity index (χ4v) is 5.97. The van der Waals surface area contributed by atoms with Crippen LogP contribution < -0.4 is 0 Å². The first-order valence-corrected chi connectivity index (χ1v) is 13.2. The zero-order valence-corrected chi connectivity index (χ0v) is 21.0. The monoisotopic (exact) mass is 458 g/mol. The molecule has 1 aromatic carbocycles. The van der Waals surface area contributed by atoms with Gasteiger partial charge in [-0.2, -0.15) is 0 Å². The first-order valence-electron chi connectivity index (χ1n) is 13.2. The van der Waals surface area contributed by atoms with Gasteiger partial charge in [-0.1, -0.05) is 44.2 Å². The SMILES string of the molecule is CCCn1c(C(=O)c2c(C)n(CCC3CCOCC3)c3ccccc23)cc2c1CC(CC)C=C2. The number of aryl methyl sites for hydroxylation is 1. The maximum atomic E-state index is 14.2. The third-order valence-corrected chi connectivity index (χ3v) is 8.01. The van der Waals surface area contributed by atoms with E-state index in [1.807, 2.05) is 0 Å². The number of nitrogens with zero attached hydrogens (tertiary/aromatic N) is 2. The van der Waals surface area contributed by atoms with E-state index in [0.717, 1.165) is 87.2 Å². The van der Waals surface area contributed by atoms with Gasteiger partial charge in [-0.25, -0.2) is 0 Å². The summed E-state index contributed by atoms with van der Waals surface area (Å²) in [6.45, 7) is 10.2. The molecule has 3 heterocycles. The molecule has 1 unspecified atom stereocenters. The van der Waals surface area contributed by atoms with Crippen LogP contribution >= 0.6 is 0 Å². The molecule has 5 rings (SSSR count). The van der Waals surface area contributed by atoms with E-state index >= 15 is 0 Å². The first kappa shape index (κ1) is 23.2. The average molecular weight is 459 g/mol. The zero-order chi connectivity index (χ0) is 23.7. The molecule has 0 N–H and O–H groups in total. The van der Waals surface area contributed by atoms with Gasteiger partial charge in [0.15, 0.2) is 0 Å². The zero-order valence-electron chi connectivity index (χ0n) is 21.0. The maximum absolute atomic E-state index is 14.2. The molecule has 2 aliphatic rings. The summed E-state index contributed by atoms with van der Waals surface area (Å²) >= 11 is 0. The van der Waals surface area contributed by atoms with Crippen LogP contribution in [0.4, 0.5) is 0 Å². The molecular weight excluding hydrogens is 420 g/mol. The largest absolute Gasteiger partial charge is 0.381 e. The topological polar surface area (TPSA) is 36.2 Å². The van der Waals surface area contributed by atoms with Gasteiger partial charge < -0.3 is 13.9 Å². The van der Waals surface area contributed by atoms with E-state index in [0.29, 0.717) is 11.8 Å². The van der Waals surface area contributed by atoms with Crippen molar-refractivity contribution in [1.29, 1.82) is 0 Å². The average Bonchev–Trinajstić information content (AvgIpc) is 3.37. The number of fused-ring (bicyclic) bond motifs is 2. The summed E-state index contributed by atoms with van der Waals surface area (Å²) in [5, 5.41) is 1.08. The predicted octanol–water partition coefficient (Wildman–Crippen LogP) is 6.80. The molecule has 3 aromatic rings. The minimum Gasteiger partial charge on any atom is -0.381 e. The van der Waals surface area contributed by atoms with Gasteiger partial charge in [-0.05, 0) is 75.0 Å². The summed E-state index contributed by atoms with van der Waals surface area (Å²) in [4.78, 5) is 14.2. The van der Waals surface area contributed by atoms with Crippen molar-refractivity contribution in [1.82, 2.24) is 9.13 Å². The molecule has 34 heavy (non-hydrogen) atoms. The summed E-state index contributed by atoms with van der Waals surface area (Å²) in [5.41, 5.74) is 6.57. The second-order valence-electron chi connectivity index (χ2n) is 10.1. The van der Waals surface area contributed by atoms with E-state index in [4.69, 9.17) is 4.74 Å². The number of ether oxygens (including phenoxy) is 1. The van der Waals surface area contributed by atoms with Gasteiger partial charge in [0.1, 0.15) is 0 Å². The lowest BCUT2D eigenvalue weighted by Crippen LogP contribution is -2.18. The fourth-order valence-electron chi connectivity index (χ4n) is 5.97. The van der Waals surface area contributed by atoms with Gasteiger partial charge in [-0.15, -0.1) is 0 Å². The summed E-state index contributed by atoms with van der Waals surface area (Å²) in [7, 11) is 0.